The number of methoxy groups -OCH3 is 1. The molecule has 0 radical (unpaired) electrons. The Hall–Kier alpha value is -0.870. The van der Waals surface area contributed by atoms with Crippen LogP contribution in [0.2, 0.25) is 0 Å². The molecule has 0 aliphatic heterocycles. The van der Waals surface area contributed by atoms with Gasteiger partial charge in [-0.3, -0.25) is 0 Å². The van der Waals surface area contributed by atoms with Gasteiger partial charge in [0.25, 0.3) is 0 Å². The Kier molecular flexibility index (Phi) is 4.78. The Labute approximate surface area is 90.9 Å². The molecular formula is C11H20N2O2. The molecule has 1 rings (SSSR count). The maximum absolute atomic E-state index is 10.1. The Bertz CT molecular complexity index is 286. The molecule has 2 unspecified atom stereocenters. The van der Waals surface area contributed by atoms with Crippen LogP contribution in [0.25, 0.3) is 0 Å². The van der Waals surface area contributed by atoms with Crippen LogP contribution < -0.4 is 0 Å². The number of aryl methyl sites for hydroxylation is 1. The van der Waals surface area contributed by atoms with Crippen molar-refractivity contribution in [1.29, 1.82) is 0 Å². The van der Waals surface area contributed by atoms with E-state index in [9.17, 15) is 5.11 Å². The van der Waals surface area contributed by atoms with Crippen LogP contribution in [0.5, 0.6) is 0 Å². The zero-order valence-corrected chi connectivity index (χ0v) is 9.68. The molecule has 0 saturated heterocycles. The van der Waals surface area contributed by atoms with Gasteiger partial charge in [-0.25, -0.2) is 4.98 Å². The lowest BCUT2D eigenvalue weighted by molar-refractivity contribution is 0.0490. The molecule has 0 fully saturated rings. The highest BCUT2D eigenvalue weighted by Crippen LogP contribution is 2.20. The summed E-state index contributed by atoms with van der Waals surface area (Å²) in [5.74, 6) is 0.800. The van der Waals surface area contributed by atoms with Crippen molar-refractivity contribution in [3.8, 4) is 0 Å². The third-order valence-corrected chi connectivity index (χ3v) is 2.45. The standard InChI is InChI=1S/C11H20N2O2/c1-4-6-13-7-5-12-11(13)10(14)9(2)8-15-3/h5,7,9-10,14H,4,6,8H2,1-3H3. The normalized spacial score (nSPS) is 15.2. The first-order chi connectivity index (χ1) is 7.20. The van der Waals surface area contributed by atoms with E-state index in [1.165, 1.54) is 0 Å². The lowest BCUT2D eigenvalue weighted by atomic mass is 10.1. The highest BCUT2D eigenvalue weighted by molar-refractivity contribution is 4.98. The number of ether oxygens (including phenoxy) is 1. The van der Waals surface area contributed by atoms with Crippen LogP contribution in [-0.4, -0.2) is 28.4 Å². The summed E-state index contributed by atoms with van der Waals surface area (Å²) >= 11 is 0. The van der Waals surface area contributed by atoms with Crippen LogP contribution in [0.15, 0.2) is 12.4 Å². The molecule has 0 aromatic carbocycles. The minimum atomic E-state index is -0.550. The zero-order chi connectivity index (χ0) is 11.3. The molecule has 4 nitrogen and oxygen atoms in total. The van der Waals surface area contributed by atoms with Gasteiger partial charge in [0.1, 0.15) is 11.9 Å². The fourth-order valence-corrected chi connectivity index (χ4v) is 1.63. The van der Waals surface area contributed by atoms with E-state index in [2.05, 4.69) is 11.9 Å². The zero-order valence-electron chi connectivity index (χ0n) is 9.68. The van der Waals surface area contributed by atoms with E-state index in [1.807, 2.05) is 17.7 Å². The number of aromatic nitrogens is 2. The second-order valence-electron chi connectivity index (χ2n) is 3.86. The van der Waals surface area contributed by atoms with E-state index in [0.29, 0.717) is 6.61 Å². The molecule has 2 atom stereocenters. The summed E-state index contributed by atoms with van der Waals surface area (Å²) < 4.78 is 7.02. The van der Waals surface area contributed by atoms with E-state index >= 15 is 0 Å². The van der Waals surface area contributed by atoms with Gasteiger partial charge in [-0.2, -0.15) is 0 Å². The van der Waals surface area contributed by atoms with Crippen molar-refractivity contribution in [2.24, 2.45) is 5.92 Å². The van der Waals surface area contributed by atoms with E-state index in [-0.39, 0.29) is 5.92 Å². The van der Waals surface area contributed by atoms with Gasteiger partial charge in [-0.15, -0.1) is 0 Å². The molecule has 0 bridgehead atoms. The van der Waals surface area contributed by atoms with Crippen molar-refractivity contribution in [3.63, 3.8) is 0 Å². The predicted octanol–water partition coefficient (Wildman–Crippen LogP) is 1.61. The second-order valence-corrected chi connectivity index (χ2v) is 3.86. The topological polar surface area (TPSA) is 47.3 Å². The highest BCUT2D eigenvalue weighted by atomic mass is 16.5. The molecule has 4 heteroatoms. The SMILES string of the molecule is CCCn1ccnc1C(O)C(C)COC. The Balaban J connectivity index is 2.71. The van der Waals surface area contributed by atoms with Crippen molar-refractivity contribution in [2.75, 3.05) is 13.7 Å². The number of imidazole rings is 1. The molecule has 0 aliphatic carbocycles. The molecule has 0 aliphatic rings. The van der Waals surface area contributed by atoms with Gasteiger partial charge in [-0.05, 0) is 6.42 Å². The number of rotatable bonds is 6. The molecule has 1 aromatic heterocycles. The summed E-state index contributed by atoms with van der Waals surface area (Å²) in [5, 5.41) is 10.1. The smallest absolute Gasteiger partial charge is 0.137 e. The van der Waals surface area contributed by atoms with Crippen molar-refractivity contribution in [1.82, 2.24) is 9.55 Å². The lowest BCUT2D eigenvalue weighted by Gasteiger charge is -2.18. The molecule has 1 N–H and O–H groups in total. The summed E-state index contributed by atoms with van der Waals surface area (Å²) in [5.41, 5.74) is 0. The van der Waals surface area contributed by atoms with Crippen LogP contribution in [0, 0.1) is 5.92 Å². The van der Waals surface area contributed by atoms with Gasteiger partial charge in [0.15, 0.2) is 0 Å². The van der Waals surface area contributed by atoms with Crippen LogP contribution in [-0.2, 0) is 11.3 Å². The van der Waals surface area contributed by atoms with Gasteiger partial charge in [-0.1, -0.05) is 13.8 Å². The first-order valence-corrected chi connectivity index (χ1v) is 5.38. The summed E-state index contributed by atoms with van der Waals surface area (Å²) in [6.45, 7) is 5.50. The first kappa shape index (κ1) is 12.2. The average Bonchev–Trinajstić information content (AvgIpc) is 2.66. The number of aliphatic hydroxyl groups excluding tert-OH is 1. The molecular weight excluding hydrogens is 192 g/mol. The third kappa shape index (κ3) is 3.04. The maximum Gasteiger partial charge on any atom is 0.137 e. The summed E-state index contributed by atoms with van der Waals surface area (Å²) in [6, 6.07) is 0. The fraction of sp³-hybridized carbons (Fsp3) is 0.727. The molecule has 0 saturated carbocycles. The minimum absolute atomic E-state index is 0.0630. The van der Waals surface area contributed by atoms with E-state index in [0.717, 1.165) is 18.8 Å². The van der Waals surface area contributed by atoms with E-state index in [4.69, 9.17) is 4.74 Å². The number of nitrogens with zero attached hydrogens (tertiary/aromatic N) is 2. The lowest BCUT2D eigenvalue weighted by Crippen LogP contribution is -2.18. The van der Waals surface area contributed by atoms with Gasteiger partial charge in [0.05, 0.1) is 6.61 Å². The monoisotopic (exact) mass is 212 g/mol. The molecule has 1 heterocycles. The average molecular weight is 212 g/mol. The fourth-order valence-electron chi connectivity index (χ4n) is 1.63. The molecule has 0 spiro atoms. The van der Waals surface area contributed by atoms with Crippen LogP contribution >= 0.6 is 0 Å². The van der Waals surface area contributed by atoms with Crippen molar-refractivity contribution in [3.05, 3.63) is 18.2 Å². The largest absolute Gasteiger partial charge is 0.385 e. The summed E-state index contributed by atoms with van der Waals surface area (Å²) in [6.07, 6.45) is 4.12. The van der Waals surface area contributed by atoms with Gasteiger partial charge in [0.2, 0.25) is 0 Å². The van der Waals surface area contributed by atoms with Gasteiger partial charge >= 0.3 is 0 Å². The second kappa shape index (κ2) is 5.88. The van der Waals surface area contributed by atoms with Crippen LogP contribution in [0.3, 0.4) is 0 Å². The molecule has 86 valence electrons. The van der Waals surface area contributed by atoms with Gasteiger partial charge in [0, 0.05) is 32.0 Å². The highest BCUT2D eigenvalue weighted by Gasteiger charge is 2.20. The number of hydrogen-bond donors (Lipinski definition) is 1. The molecule has 0 amide bonds. The Morgan fingerprint density at radius 1 is 1.60 bits per heavy atom. The maximum atomic E-state index is 10.1. The van der Waals surface area contributed by atoms with E-state index < -0.39 is 6.10 Å². The van der Waals surface area contributed by atoms with Gasteiger partial charge < -0.3 is 14.4 Å². The third-order valence-electron chi connectivity index (χ3n) is 2.45. The van der Waals surface area contributed by atoms with Crippen molar-refractivity contribution in [2.45, 2.75) is 32.9 Å². The van der Waals surface area contributed by atoms with E-state index in [1.54, 1.807) is 13.3 Å². The molecule has 15 heavy (non-hydrogen) atoms. The summed E-state index contributed by atoms with van der Waals surface area (Å²) in [7, 11) is 1.64. The summed E-state index contributed by atoms with van der Waals surface area (Å²) in [4.78, 5) is 4.20. The quantitative estimate of drug-likeness (QED) is 0.779. The minimum Gasteiger partial charge on any atom is -0.385 e. The Morgan fingerprint density at radius 2 is 2.33 bits per heavy atom. The molecule has 1 aromatic rings. The number of aliphatic hydroxyl groups is 1. The Morgan fingerprint density at radius 3 is 2.93 bits per heavy atom. The predicted molar refractivity (Wildman–Crippen MR) is 58.5 cm³/mol. The number of hydrogen-bond acceptors (Lipinski definition) is 3. The first-order valence-electron chi connectivity index (χ1n) is 5.38. The van der Waals surface area contributed by atoms with Crippen LogP contribution in [0.4, 0.5) is 0 Å². The van der Waals surface area contributed by atoms with Crippen molar-refractivity contribution >= 4 is 0 Å². The van der Waals surface area contributed by atoms with Crippen molar-refractivity contribution < 1.29 is 9.84 Å². The van der Waals surface area contributed by atoms with Crippen LogP contribution in [0.1, 0.15) is 32.2 Å².